The maximum Gasteiger partial charge on any atom is 0.119 e. The van der Waals surface area contributed by atoms with Crippen LogP contribution in [0.5, 0.6) is 5.75 Å². The number of rotatable bonds is 6. The molecule has 0 aliphatic heterocycles. The molecular weight excluding hydrogens is 192 g/mol. The molecule has 0 fully saturated rings. The summed E-state index contributed by atoms with van der Waals surface area (Å²) in [6, 6.07) is 7.42. The van der Waals surface area contributed by atoms with Crippen LogP contribution in [0.3, 0.4) is 0 Å². The summed E-state index contributed by atoms with van der Waals surface area (Å²) in [6.45, 7) is 1.53. The Morgan fingerprint density at radius 1 is 1.33 bits per heavy atom. The maximum absolute atomic E-state index is 8.84. The van der Waals surface area contributed by atoms with E-state index in [1.54, 1.807) is 5.01 Å². The summed E-state index contributed by atoms with van der Waals surface area (Å²) < 4.78 is 5.49. The first-order chi connectivity index (χ1) is 7.22. The third kappa shape index (κ3) is 4.78. The zero-order chi connectivity index (χ0) is 11.1. The van der Waals surface area contributed by atoms with Gasteiger partial charge in [-0.15, -0.1) is 0 Å². The summed E-state index contributed by atoms with van der Waals surface area (Å²) in [6.07, 6.45) is 0.898. The van der Waals surface area contributed by atoms with Crippen molar-refractivity contribution in [2.45, 2.75) is 13.0 Å². The SMILES string of the molecule is CN(N)CCCOc1ccc(CO)cc1. The van der Waals surface area contributed by atoms with Gasteiger partial charge < -0.3 is 9.84 Å². The summed E-state index contributed by atoms with van der Waals surface area (Å²) in [5.41, 5.74) is 0.893. The number of hydrogen-bond donors (Lipinski definition) is 2. The molecule has 0 saturated heterocycles. The van der Waals surface area contributed by atoms with Crippen molar-refractivity contribution in [1.82, 2.24) is 5.01 Å². The van der Waals surface area contributed by atoms with E-state index in [1.807, 2.05) is 31.3 Å². The van der Waals surface area contributed by atoms with E-state index < -0.39 is 0 Å². The van der Waals surface area contributed by atoms with Crippen LogP contribution in [0.4, 0.5) is 0 Å². The highest BCUT2D eigenvalue weighted by molar-refractivity contribution is 5.26. The fraction of sp³-hybridized carbons (Fsp3) is 0.455. The van der Waals surface area contributed by atoms with Crippen LogP contribution in [0, 0.1) is 0 Å². The molecule has 0 atom stereocenters. The number of nitrogens with two attached hydrogens (primary N) is 1. The number of ether oxygens (including phenoxy) is 1. The lowest BCUT2D eigenvalue weighted by atomic mass is 10.2. The van der Waals surface area contributed by atoms with Gasteiger partial charge in [-0.25, -0.2) is 0 Å². The Hall–Kier alpha value is -1.10. The van der Waals surface area contributed by atoms with E-state index in [2.05, 4.69) is 0 Å². The van der Waals surface area contributed by atoms with Gasteiger partial charge in [-0.2, -0.15) is 0 Å². The summed E-state index contributed by atoms with van der Waals surface area (Å²) in [5.74, 6) is 6.29. The van der Waals surface area contributed by atoms with Gasteiger partial charge in [-0.1, -0.05) is 12.1 Å². The quantitative estimate of drug-likeness (QED) is 0.413. The van der Waals surface area contributed by atoms with Crippen LogP contribution in [0.25, 0.3) is 0 Å². The molecule has 0 bridgehead atoms. The molecule has 0 spiro atoms. The van der Waals surface area contributed by atoms with Gasteiger partial charge in [0, 0.05) is 13.6 Å². The van der Waals surface area contributed by atoms with Crippen LogP contribution in [0.1, 0.15) is 12.0 Å². The van der Waals surface area contributed by atoms with Crippen LogP contribution in [-0.2, 0) is 6.61 Å². The lowest BCUT2D eigenvalue weighted by molar-refractivity contribution is 0.265. The Morgan fingerprint density at radius 2 is 2.00 bits per heavy atom. The molecule has 15 heavy (non-hydrogen) atoms. The van der Waals surface area contributed by atoms with Crippen molar-refractivity contribution in [1.29, 1.82) is 0 Å². The minimum atomic E-state index is 0.0677. The standard InChI is InChI=1S/C11H18N2O2/c1-13(12)7-2-8-15-11-5-3-10(9-14)4-6-11/h3-6,14H,2,7-9,12H2,1H3. The normalized spacial score (nSPS) is 10.7. The zero-order valence-corrected chi connectivity index (χ0v) is 9.02. The van der Waals surface area contributed by atoms with Crippen molar-refractivity contribution in [2.75, 3.05) is 20.2 Å². The Labute approximate surface area is 90.2 Å². The molecular formula is C11H18N2O2. The third-order valence-corrected chi connectivity index (χ3v) is 2.03. The zero-order valence-electron chi connectivity index (χ0n) is 9.02. The van der Waals surface area contributed by atoms with Crippen LogP contribution < -0.4 is 10.6 Å². The molecule has 0 heterocycles. The molecule has 1 rings (SSSR count). The fourth-order valence-corrected chi connectivity index (χ4v) is 1.20. The van der Waals surface area contributed by atoms with Gasteiger partial charge in [0.05, 0.1) is 13.2 Å². The molecule has 0 aromatic heterocycles. The fourth-order valence-electron chi connectivity index (χ4n) is 1.20. The molecule has 0 unspecified atom stereocenters. The third-order valence-electron chi connectivity index (χ3n) is 2.03. The molecule has 4 heteroatoms. The largest absolute Gasteiger partial charge is 0.494 e. The van der Waals surface area contributed by atoms with E-state index >= 15 is 0 Å². The van der Waals surface area contributed by atoms with Crippen molar-refractivity contribution < 1.29 is 9.84 Å². The van der Waals surface area contributed by atoms with Gasteiger partial charge in [0.25, 0.3) is 0 Å². The predicted molar refractivity (Wildman–Crippen MR) is 59.3 cm³/mol. The Balaban J connectivity index is 2.25. The highest BCUT2D eigenvalue weighted by Gasteiger charge is 1.95. The minimum absolute atomic E-state index is 0.0677. The van der Waals surface area contributed by atoms with Crippen molar-refractivity contribution in [3.8, 4) is 5.75 Å². The number of aliphatic hydroxyl groups excluding tert-OH is 1. The number of hydrazine groups is 1. The summed E-state index contributed by atoms with van der Waals surface area (Å²) in [5, 5.41) is 10.5. The second kappa shape index (κ2) is 6.40. The first kappa shape index (κ1) is 12.0. The minimum Gasteiger partial charge on any atom is -0.494 e. The van der Waals surface area contributed by atoms with Crippen molar-refractivity contribution in [3.05, 3.63) is 29.8 Å². The van der Waals surface area contributed by atoms with Crippen molar-refractivity contribution in [2.24, 2.45) is 5.84 Å². The second-order valence-electron chi connectivity index (χ2n) is 3.48. The molecule has 84 valence electrons. The molecule has 0 amide bonds. The van der Waals surface area contributed by atoms with Crippen LogP contribution >= 0.6 is 0 Å². The predicted octanol–water partition coefficient (Wildman–Crippen LogP) is 0.753. The van der Waals surface area contributed by atoms with Crippen LogP contribution in [0.2, 0.25) is 0 Å². The molecule has 1 aromatic carbocycles. The molecule has 0 saturated carbocycles. The highest BCUT2D eigenvalue weighted by atomic mass is 16.5. The van der Waals surface area contributed by atoms with Gasteiger partial charge >= 0.3 is 0 Å². The van der Waals surface area contributed by atoms with E-state index in [-0.39, 0.29) is 6.61 Å². The lowest BCUT2D eigenvalue weighted by Crippen LogP contribution is -2.27. The molecule has 0 aliphatic rings. The summed E-state index contributed by atoms with van der Waals surface area (Å²) in [4.78, 5) is 0. The number of benzene rings is 1. The molecule has 4 nitrogen and oxygen atoms in total. The maximum atomic E-state index is 8.84. The van der Waals surface area contributed by atoms with Gasteiger partial charge in [0.1, 0.15) is 5.75 Å². The monoisotopic (exact) mass is 210 g/mol. The molecule has 1 aromatic rings. The summed E-state index contributed by atoms with van der Waals surface area (Å²) >= 11 is 0. The van der Waals surface area contributed by atoms with E-state index in [1.165, 1.54) is 0 Å². The van der Waals surface area contributed by atoms with Gasteiger partial charge in [0.15, 0.2) is 0 Å². The lowest BCUT2D eigenvalue weighted by Gasteiger charge is -2.10. The van der Waals surface area contributed by atoms with Crippen LogP contribution in [0.15, 0.2) is 24.3 Å². The number of aliphatic hydroxyl groups is 1. The second-order valence-corrected chi connectivity index (χ2v) is 3.48. The average molecular weight is 210 g/mol. The Morgan fingerprint density at radius 3 is 2.53 bits per heavy atom. The topological polar surface area (TPSA) is 58.7 Å². The first-order valence-corrected chi connectivity index (χ1v) is 5.01. The van der Waals surface area contributed by atoms with Crippen molar-refractivity contribution >= 4 is 0 Å². The van der Waals surface area contributed by atoms with E-state index in [4.69, 9.17) is 15.7 Å². The average Bonchev–Trinajstić information content (AvgIpc) is 2.25. The summed E-state index contributed by atoms with van der Waals surface area (Å²) in [7, 11) is 1.83. The highest BCUT2D eigenvalue weighted by Crippen LogP contribution is 2.12. The van der Waals surface area contributed by atoms with E-state index in [0.717, 1.165) is 24.3 Å². The van der Waals surface area contributed by atoms with Gasteiger partial charge in [-0.3, -0.25) is 10.9 Å². The smallest absolute Gasteiger partial charge is 0.119 e. The number of nitrogens with zero attached hydrogens (tertiary/aromatic N) is 1. The number of hydrogen-bond acceptors (Lipinski definition) is 4. The van der Waals surface area contributed by atoms with E-state index in [0.29, 0.717) is 6.61 Å². The van der Waals surface area contributed by atoms with Crippen LogP contribution in [-0.4, -0.2) is 30.3 Å². The van der Waals surface area contributed by atoms with Gasteiger partial charge in [-0.05, 0) is 24.1 Å². The first-order valence-electron chi connectivity index (χ1n) is 5.01. The van der Waals surface area contributed by atoms with Gasteiger partial charge in [0.2, 0.25) is 0 Å². The van der Waals surface area contributed by atoms with Crippen molar-refractivity contribution in [3.63, 3.8) is 0 Å². The molecule has 3 N–H and O–H groups in total. The Kier molecular flexibility index (Phi) is 5.10. The van der Waals surface area contributed by atoms with E-state index in [9.17, 15) is 0 Å². The Bertz CT molecular complexity index is 272. The molecule has 0 aliphatic carbocycles. The molecule has 0 radical (unpaired) electrons.